The van der Waals surface area contributed by atoms with Gasteiger partial charge in [-0.25, -0.2) is 9.18 Å². The van der Waals surface area contributed by atoms with E-state index in [2.05, 4.69) is 10.2 Å². The Hall–Kier alpha value is -2.73. The molecule has 2 fully saturated rings. The van der Waals surface area contributed by atoms with Crippen LogP contribution in [0.3, 0.4) is 0 Å². The number of halogens is 1. The molecule has 4 rings (SSSR count). The second kappa shape index (κ2) is 8.19. The largest absolute Gasteiger partial charge is 0.478 e. The van der Waals surface area contributed by atoms with Gasteiger partial charge in [-0.2, -0.15) is 0 Å². The number of rotatable bonds is 6. The summed E-state index contributed by atoms with van der Waals surface area (Å²) < 4.78 is 13.2. The maximum atomic E-state index is 13.2. The summed E-state index contributed by atoms with van der Waals surface area (Å²) in [6.07, 6.45) is 4.33. The quantitative estimate of drug-likeness (QED) is 0.751. The van der Waals surface area contributed by atoms with E-state index in [1.54, 1.807) is 36.4 Å². The van der Waals surface area contributed by atoms with Gasteiger partial charge in [0.1, 0.15) is 5.82 Å². The van der Waals surface area contributed by atoms with Gasteiger partial charge in [-0.15, -0.1) is 0 Å². The van der Waals surface area contributed by atoms with Crippen LogP contribution < -0.4 is 5.32 Å². The Morgan fingerprint density at radius 3 is 2.40 bits per heavy atom. The molecule has 5 nitrogen and oxygen atoms in total. The van der Waals surface area contributed by atoms with E-state index in [0.717, 1.165) is 30.5 Å². The van der Waals surface area contributed by atoms with Crippen molar-refractivity contribution < 1.29 is 19.1 Å². The lowest BCUT2D eigenvalue weighted by Crippen LogP contribution is -2.51. The zero-order valence-electron chi connectivity index (χ0n) is 17.1. The van der Waals surface area contributed by atoms with Crippen molar-refractivity contribution in [2.75, 3.05) is 6.54 Å². The predicted molar refractivity (Wildman–Crippen MR) is 111 cm³/mol. The van der Waals surface area contributed by atoms with Crippen LogP contribution >= 0.6 is 0 Å². The lowest BCUT2D eigenvalue weighted by Gasteiger charge is -2.39. The molecule has 1 saturated heterocycles. The lowest BCUT2D eigenvalue weighted by atomic mass is 9.87. The van der Waals surface area contributed by atoms with Crippen molar-refractivity contribution in [3.8, 4) is 0 Å². The van der Waals surface area contributed by atoms with Crippen LogP contribution in [-0.2, 0) is 11.3 Å². The summed E-state index contributed by atoms with van der Waals surface area (Å²) in [7, 11) is 0. The first-order chi connectivity index (χ1) is 14.3. The number of hydrogen-bond donors (Lipinski definition) is 2. The Labute approximate surface area is 175 Å². The Balaban J connectivity index is 1.45. The van der Waals surface area contributed by atoms with Gasteiger partial charge in [0.2, 0.25) is 5.91 Å². The number of amides is 1. The van der Waals surface area contributed by atoms with Crippen LogP contribution in [-0.4, -0.2) is 34.5 Å². The first kappa shape index (κ1) is 20.5. The van der Waals surface area contributed by atoms with Crippen LogP contribution in [0, 0.1) is 11.2 Å². The Kier molecular flexibility index (Phi) is 5.60. The molecule has 0 aromatic heterocycles. The van der Waals surface area contributed by atoms with Crippen LogP contribution in [0.15, 0.2) is 48.5 Å². The third kappa shape index (κ3) is 4.54. The Bertz CT molecular complexity index is 922. The monoisotopic (exact) mass is 410 g/mol. The fourth-order valence-electron chi connectivity index (χ4n) is 4.39. The number of nitrogens with one attached hydrogen (secondary N) is 1. The summed E-state index contributed by atoms with van der Waals surface area (Å²) in [5.41, 5.74) is 2.41. The average Bonchev–Trinajstić information content (AvgIpc) is 3.50. The van der Waals surface area contributed by atoms with Gasteiger partial charge in [0.05, 0.1) is 17.6 Å². The molecule has 158 valence electrons. The number of carbonyl (C=O) groups is 2. The van der Waals surface area contributed by atoms with Crippen molar-refractivity contribution in [3.63, 3.8) is 0 Å². The molecule has 1 saturated carbocycles. The van der Waals surface area contributed by atoms with E-state index in [1.807, 2.05) is 6.92 Å². The molecule has 1 amide bonds. The van der Waals surface area contributed by atoms with Gasteiger partial charge < -0.3 is 10.4 Å². The summed E-state index contributed by atoms with van der Waals surface area (Å²) in [4.78, 5) is 26.5. The lowest BCUT2D eigenvalue weighted by molar-refractivity contribution is -0.129. The SMILES string of the molecule is C[C@H](NC(=O)C1CC2(CCN1Cc1ccc(F)cc1)CC2)c1ccc(C(=O)O)cc1. The number of benzene rings is 2. The van der Waals surface area contributed by atoms with Crippen LogP contribution in [0.4, 0.5) is 4.39 Å². The molecule has 2 N–H and O–H groups in total. The van der Waals surface area contributed by atoms with Crippen LogP contribution in [0.1, 0.15) is 60.1 Å². The zero-order chi connectivity index (χ0) is 21.3. The summed E-state index contributed by atoms with van der Waals surface area (Å²) in [5, 5.41) is 12.2. The molecule has 1 aliphatic heterocycles. The van der Waals surface area contributed by atoms with E-state index < -0.39 is 5.97 Å². The number of hydrogen-bond acceptors (Lipinski definition) is 3. The Morgan fingerprint density at radius 2 is 1.80 bits per heavy atom. The molecule has 2 aromatic rings. The molecule has 0 bridgehead atoms. The van der Waals surface area contributed by atoms with Crippen molar-refractivity contribution in [3.05, 3.63) is 71.0 Å². The van der Waals surface area contributed by atoms with Crippen molar-refractivity contribution >= 4 is 11.9 Å². The highest BCUT2D eigenvalue weighted by atomic mass is 19.1. The fourth-order valence-corrected chi connectivity index (χ4v) is 4.39. The summed E-state index contributed by atoms with van der Waals surface area (Å²) in [6.45, 7) is 3.39. The molecule has 1 heterocycles. The first-order valence-corrected chi connectivity index (χ1v) is 10.5. The zero-order valence-corrected chi connectivity index (χ0v) is 17.1. The number of piperidine rings is 1. The minimum atomic E-state index is -0.966. The smallest absolute Gasteiger partial charge is 0.335 e. The van der Waals surface area contributed by atoms with E-state index in [-0.39, 0.29) is 29.4 Å². The summed E-state index contributed by atoms with van der Waals surface area (Å²) in [6, 6.07) is 12.6. The molecule has 1 unspecified atom stereocenters. The second-order valence-corrected chi connectivity index (χ2v) is 8.72. The van der Waals surface area contributed by atoms with Gasteiger partial charge in [0, 0.05) is 6.54 Å². The van der Waals surface area contributed by atoms with Crippen LogP contribution in [0.2, 0.25) is 0 Å². The fraction of sp³-hybridized carbons (Fsp3) is 0.417. The van der Waals surface area contributed by atoms with Crippen molar-refractivity contribution in [2.24, 2.45) is 5.41 Å². The molecule has 2 aliphatic rings. The molecule has 6 heteroatoms. The van der Waals surface area contributed by atoms with E-state index in [0.29, 0.717) is 12.0 Å². The number of aromatic carboxylic acids is 1. The molecule has 30 heavy (non-hydrogen) atoms. The maximum Gasteiger partial charge on any atom is 0.335 e. The van der Waals surface area contributed by atoms with E-state index in [4.69, 9.17) is 5.11 Å². The molecular weight excluding hydrogens is 383 g/mol. The number of carboxylic acid groups (broad SMARTS) is 1. The van der Waals surface area contributed by atoms with Gasteiger partial charge in [-0.05, 0) is 80.0 Å². The minimum absolute atomic E-state index is 0.00195. The van der Waals surface area contributed by atoms with Crippen LogP contribution in [0.25, 0.3) is 0 Å². The summed E-state index contributed by atoms with van der Waals surface area (Å²) >= 11 is 0. The van der Waals surface area contributed by atoms with E-state index in [1.165, 1.54) is 25.0 Å². The topological polar surface area (TPSA) is 69.6 Å². The van der Waals surface area contributed by atoms with Gasteiger partial charge in [0.15, 0.2) is 0 Å². The second-order valence-electron chi connectivity index (χ2n) is 8.72. The molecular formula is C24H27FN2O3. The standard InChI is InChI=1S/C24H27FN2O3/c1-16(18-4-6-19(7-5-18)23(29)30)26-22(28)21-14-24(10-11-24)12-13-27(21)15-17-2-8-20(25)9-3-17/h2-9,16,21H,10-15H2,1H3,(H,26,28)(H,29,30)/t16-,21?/m0/s1. The predicted octanol–water partition coefficient (Wildman–Crippen LogP) is 4.15. The van der Waals surface area contributed by atoms with Gasteiger partial charge in [-0.3, -0.25) is 9.69 Å². The molecule has 0 radical (unpaired) electrons. The summed E-state index contributed by atoms with van der Waals surface area (Å²) in [5.74, 6) is -1.23. The highest BCUT2D eigenvalue weighted by molar-refractivity contribution is 5.87. The number of carbonyl (C=O) groups excluding carboxylic acids is 1. The van der Waals surface area contributed by atoms with E-state index >= 15 is 0 Å². The number of nitrogens with zero attached hydrogens (tertiary/aromatic N) is 1. The average molecular weight is 410 g/mol. The molecule has 1 aliphatic carbocycles. The highest BCUT2D eigenvalue weighted by Gasteiger charge is 2.49. The Morgan fingerprint density at radius 1 is 1.13 bits per heavy atom. The minimum Gasteiger partial charge on any atom is -0.478 e. The van der Waals surface area contributed by atoms with Crippen LogP contribution in [0.5, 0.6) is 0 Å². The van der Waals surface area contributed by atoms with Gasteiger partial charge in [0.25, 0.3) is 0 Å². The van der Waals surface area contributed by atoms with Crippen molar-refractivity contribution in [1.29, 1.82) is 0 Å². The molecule has 2 atom stereocenters. The third-order valence-corrected chi connectivity index (χ3v) is 6.57. The van der Waals surface area contributed by atoms with E-state index in [9.17, 15) is 14.0 Å². The highest BCUT2D eigenvalue weighted by Crippen LogP contribution is 2.55. The number of carboxylic acids is 1. The maximum absolute atomic E-state index is 13.2. The molecule has 1 spiro atoms. The normalized spacial score (nSPS) is 21.2. The third-order valence-electron chi connectivity index (χ3n) is 6.57. The molecule has 2 aromatic carbocycles. The number of likely N-dealkylation sites (tertiary alicyclic amines) is 1. The van der Waals surface area contributed by atoms with Gasteiger partial charge >= 0.3 is 5.97 Å². The van der Waals surface area contributed by atoms with Gasteiger partial charge in [-0.1, -0.05) is 24.3 Å². The van der Waals surface area contributed by atoms with Crippen molar-refractivity contribution in [2.45, 2.75) is 51.2 Å². The first-order valence-electron chi connectivity index (χ1n) is 10.5. The van der Waals surface area contributed by atoms with Crippen molar-refractivity contribution in [1.82, 2.24) is 10.2 Å².